The van der Waals surface area contributed by atoms with Gasteiger partial charge in [0.25, 0.3) is 5.91 Å². The standard InChI is InChI=1S/C19H19ClN2O2/c20-17-8-4-7-16(10-17)19(24)21-11-15-9-18(23)22(13-15)12-14-5-2-1-3-6-14/h1-8,10,15H,9,11-13H2,(H,21,24). The lowest BCUT2D eigenvalue weighted by Crippen LogP contribution is -2.31. The zero-order chi connectivity index (χ0) is 16.9. The van der Waals surface area contributed by atoms with E-state index in [1.807, 2.05) is 35.2 Å². The van der Waals surface area contributed by atoms with Gasteiger partial charge in [0.15, 0.2) is 0 Å². The predicted molar refractivity (Wildman–Crippen MR) is 93.8 cm³/mol. The summed E-state index contributed by atoms with van der Waals surface area (Å²) < 4.78 is 0. The molecule has 0 aliphatic carbocycles. The Hall–Kier alpha value is -2.33. The Morgan fingerprint density at radius 1 is 1.17 bits per heavy atom. The topological polar surface area (TPSA) is 49.4 Å². The van der Waals surface area contributed by atoms with Gasteiger partial charge in [-0.3, -0.25) is 9.59 Å². The number of nitrogens with zero attached hydrogens (tertiary/aromatic N) is 1. The Labute approximate surface area is 146 Å². The van der Waals surface area contributed by atoms with Crippen LogP contribution in [0.15, 0.2) is 54.6 Å². The summed E-state index contributed by atoms with van der Waals surface area (Å²) in [5.74, 6) is 0.122. The molecule has 4 nitrogen and oxygen atoms in total. The third kappa shape index (κ3) is 4.15. The normalized spacial score (nSPS) is 17.1. The van der Waals surface area contributed by atoms with E-state index in [1.54, 1.807) is 24.3 Å². The highest BCUT2D eigenvalue weighted by Crippen LogP contribution is 2.20. The van der Waals surface area contributed by atoms with E-state index in [0.717, 1.165) is 5.56 Å². The smallest absolute Gasteiger partial charge is 0.251 e. The van der Waals surface area contributed by atoms with E-state index in [2.05, 4.69) is 5.32 Å². The SMILES string of the molecule is O=C(NCC1CC(=O)N(Cc2ccccc2)C1)c1cccc(Cl)c1. The number of carbonyl (C=O) groups excluding carboxylic acids is 2. The average Bonchev–Trinajstić information content (AvgIpc) is 2.93. The Balaban J connectivity index is 1.52. The summed E-state index contributed by atoms with van der Waals surface area (Å²) in [4.78, 5) is 26.1. The molecule has 1 fully saturated rings. The minimum Gasteiger partial charge on any atom is -0.352 e. The van der Waals surface area contributed by atoms with Crippen LogP contribution in [-0.4, -0.2) is 29.8 Å². The Bertz CT molecular complexity index is 733. The first kappa shape index (κ1) is 16.5. The van der Waals surface area contributed by atoms with Crippen LogP contribution in [-0.2, 0) is 11.3 Å². The molecular formula is C19H19ClN2O2. The average molecular weight is 343 g/mol. The van der Waals surface area contributed by atoms with Gasteiger partial charge in [0.1, 0.15) is 0 Å². The predicted octanol–water partition coefficient (Wildman–Crippen LogP) is 3.12. The molecule has 124 valence electrons. The summed E-state index contributed by atoms with van der Waals surface area (Å²) in [6.07, 6.45) is 0.475. The van der Waals surface area contributed by atoms with E-state index in [9.17, 15) is 9.59 Å². The molecule has 1 atom stereocenters. The summed E-state index contributed by atoms with van der Waals surface area (Å²) in [5.41, 5.74) is 1.66. The molecule has 1 heterocycles. The monoisotopic (exact) mass is 342 g/mol. The van der Waals surface area contributed by atoms with Crippen LogP contribution in [0.1, 0.15) is 22.3 Å². The number of carbonyl (C=O) groups is 2. The first-order valence-corrected chi connectivity index (χ1v) is 8.35. The van der Waals surface area contributed by atoms with Gasteiger partial charge in [-0.2, -0.15) is 0 Å². The van der Waals surface area contributed by atoms with E-state index in [0.29, 0.717) is 36.6 Å². The van der Waals surface area contributed by atoms with Gasteiger partial charge in [0.2, 0.25) is 5.91 Å². The summed E-state index contributed by atoms with van der Waals surface area (Å²) in [6.45, 7) is 1.78. The molecule has 2 aromatic rings. The van der Waals surface area contributed by atoms with E-state index in [1.165, 1.54) is 0 Å². The van der Waals surface area contributed by atoms with Crippen LogP contribution in [0, 0.1) is 5.92 Å². The van der Waals surface area contributed by atoms with Crippen molar-refractivity contribution in [1.82, 2.24) is 10.2 Å². The number of hydrogen-bond acceptors (Lipinski definition) is 2. The minimum absolute atomic E-state index is 0.140. The highest BCUT2D eigenvalue weighted by Gasteiger charge is 2.29. The summed E-state index contributed by atoms with van der Waals surface area (Å²) >= 11 is 5.90. The Kier molecular flexibility index (Phi) is 5.16. The van der Waals surface area contributed by atoms with Gasteiger partial charge in [0.05, 0.1) is 0 Å². The molecule has 2 aromatic carbocycles. The summed E-state index contributed by atoms with van der Waals surface area (Å²) in [6, 6.07) is 16.8. The molecule has 3 rings (SSSR count). The van der Waals surface area contributed by atoms with Crippen LogP contribution in [0.4, 0.5) is 0 Å². The van der Waals surface area contributed by atoms with Crippen LogP contribution >= 0.6 is 11.6 Å². The summed E-state index contributed by atoms with van der Waals surface area (Å²) in [7, 11) is 0. The van der Waals surface area contributed by atoms with Crippen molar-refractivity contribution in [3.05, 3.63) is 70.7 Å². The van der Waals surface area contributed by atoms with E-state index < -0.39 is 0 Å². The second-order valence-electron chi connectivity index (χ2n) is 6.05. The molecule has 0 spiro atoms. The van der Waals surface area contributed by atoms with Crippen LogP contribution in [0.2, 0.25) is 5.02 Å². The van der Waals surface area contributed by atoms with Crippen LogP contribution in [0.5, 0.6) is 0 Å². The van der Waals surface area contributed by atoms with Crippen molar-refractivity contribution in [2.45, 2.75) is 13.0 Å². The van der Waals surface area contributed by atoms with Gasteiger partial charge >= 0.3 is 0 Å². The van der Waals surface area contributed by atoms with E-state index in [4.69, 9.17) is 11.6 Å². The first-order chi connectivity index (χ1) is 11.6. The number of nitrogens with one attached hydrogen (secondary N) is 1. The molecular weight excluding hydrogens is 324 g/mol. The molecule has 0 bridgehead atoms. The minimum atomic E-state index is -0.161. The number of likely N-dealkylation sites (tertiary alicyclic amines) is 1. The van der Waals surface area contributed by atoms with Gasteiger partial charge in [0, 0.05) is 42.6 Å². The van der Waals surface area contributed by atoms with Crippen molar-refractivity contribution in [1.29, 1.82) is 0 Å². The van der Waals surface area contributed by atoms with Crippen molar-refractivity contribution >= 4 is 23.4 Å². The molecule has 5 heteroatoms. The number of hydrogen-bond donors (Lipinski definition) is 1. The quantitative estimate of drug-likeness (QED) is 0.907. The first-order valence-electron chi connectivity index (χ1n) is 7.97. The third-order valence-corrected chi connectivity index (χ3v) is 4.38. The van der Waals surface area contributed by atoms with E-state index in [-0.39, 0.29) is 17.7 Å². The fraction of sp³-hybridized carbons (Fsp3) is 0.263. The number of rotatable bonds is 5. The zero-order valence-corrected chi connectivity index (χ0v) is 14.0. The molecule has 1 aliphatic heterocycles. The van der Waals surface area contributed by atoms with Crippen molar-refractivity contribution in [2.75, 3.05) is 13.1 Å². The maximum atomic E-state index is 12.1. The molecule has 1 aliphatic rings. The molecule has 1 N–H and O–H groups in total. The van der Waals surface area contributed by atoms with Crippen molar-refractivity contribution in [2.24, 2.45) is 5.92 Å². The number of amides is 2. The highest BCUT2D eigenvalue weighted by molar-refractivity contribution is 6.30. The van der Waals surface area contributed by atoms with Gasteiger partial charge in [-0.05, 0) is 23.8 Å². The van der Waals surface area contributed by atoms with Gasteiger partial charge < -0.3 is 10.2 Å². The lowest BCUT2D eigenvalue weighted by Gasteiger charge is -2.17. The maximum Gasteiger partial charge on any atom is 0.251 e. The van der Waals surface area contributed by atoms with Crippen LogP contribution in [0.3, 0.4) is 0 Å². The molecule has 0 aromatic heterocycles. The van der Waals surface area contributed by atoms with Crippen LogP contribution < -0.4 is 5.32 Å². The number of benzene rings is 2. The zero-order valence-electron chi connectivity index (χ0n) is 13.2. The largest absolute Gasteiger partial charge is 0.352 e. The van der Waals surface area contributed by atoms with Gasteiger partial charge in [-0.25, -0.2) is 0 Å². The third-order valence-electron chi connectivity index (χ3n) is 4.15. The fourth-order valence-corrected chi connectivity index (χ4v) is 3.11. The molecule has 24 heavy (non-hydrogen) atoms. The van der Waals surface area contributed by atoms with Crippen molar-refractivity contribution in [3.63, 3.8) is 0 Å². The van der Waals surface area contributed by atoms with Gasteiger partial charge in [-0.1, -0.05) is 48.0 Å². The second-order valence-corrected chi connectivity index (χ2v) is 6.49. The number of halogens is 1. The highest BCUT2D eigenvalue weighted by atomic mass is 35.5. The molecule has 0 radical (unpaired) electrons. The fourth-order valence-electron chi connectivity index (χ4n) is 2.92. The molecule has 1 saturated heterocycles. The molecule has 2 amide bonds. The second kappa shape index (κ2) is 7.49. The summed E-state index contributed by atoms with van der Waals surface area (Å²) in [5, 5.41) is 3.43. The Morgan fingerprint density at radius 3 is 2.71 bits per heavy atom. The van der Waals surface area contributed by atoms with Crippen molar-refractivity contribution < 1.29 is 9.59 Å². The van der Waals surface area contributed by atoms with Gasteiger partial charge in [-0.15, -0.1) is 0 Å². The lowest BCUT2D eigenvalue weighted by atomic mass is 10.1. The van der Waals surface area contributed by atoms with Crippen molar-refractivity contribution in [3.8, 4) is 0 Å². The lowest BCUT2D eigenvalue weighted by molar-refractivity contribution is -0.128. The van der Waals surface area contributed by atoms with E-state index >= 15 is 0 Å². The molecule has 0 saturated carbocycles. The maximum absolute atomic E-state index is 12.1. The van der Waals surface area contributed by atoms with Crippen LogP contribution in [0.25, 0.3) is 0 Å². The Morgan fingerprint density at radius 2 is 1.96 bits per heavy atom. The molecule has 1 unspecified atom stereocenters.